The van der Waals surface area contributed by atoms with Gasteiger partial charge in [0.1, 0.15) is 0 Å². The number of nitrogens with zero attached hydrogens (tertiary/aromatic N) is 3. The first kappa shape index (κ1) is 22.4. The van der Waals surface area contributed by atoms with E-state index in [0.717, 1.165) is 18.2 Å². The number of hydrogen-bond donors (Lipinski definition) is 1. The van der Waals surface area contributed by atoms with Gasteiger partial charge in [0.05, 0.1) is 31.3 Å². The highest BCUT2D eigenvalue weighted by atomic mass is 32.3. The third kappa shape index (κ3) is 3.38. The Bertz CT molecular complexity index is 1490. The molecular weight excluding hydrogens is 472 g/mol. The van der Waals surface area contributed by atoms with Crippen molar-refractivity contribution in [3.63, 3.8) is 0 Å². The van der Waals surface area contributed by atoms with Gasteiger partial charge in [0.15, 0.2) is 11.4 Å². The second-order valence-electron chi connectivity index (χ2n) is 7.11. The van der Waals surface area contributed by atoms with Crippen molar-refractivity contribution in [3.05, 3.63) is 41.5 Å². The Hall–Kier alpha value is -2.83. The molecule has 0 fully saturated rings. The van der Waals surface area contributed by atoms with Crippen LogP contribution in [0.15, 0.2) is 45.2 Å². The van der Waals surface area contributed by atoms with Gasteiger partial charge in [-0.25, -0.2) is 21.8 Å². The quantitative estimate of drug-likeness (QED) is 0.411. The lowest BCUT2D eigenvalue weighted by Crippen LogP contribution is -2.21. The minimum atomic E-state index is -4.33. The number of rotatable bonds is 6. The monoisotopic (exact) mass is 492 g/mol. The molecular formula is C20H20N4O5S3. The average Bonchev–Trinajstić information content (AvgIpc) is 3.23. The van der Waals surface area contributed by atoms with Crippen molar-refractivity contribution in [1.29, 1.82) is 0 Å². The number of hydrogen-bond acceptors (Lipinski definition) is 10. The summed E-state index contributed by atoms with van der Waals surface area (Å²) in [6, 6.07) is 7.28. The molecule has 4 rings (SSSR count). The third-order valence-electron chi connectivity index (χ3n) is 5.14. The highest BCUT2D eigenvalue weighted by molar-refractivity contribution is 8.33. The number of anilines is 2. The molecule has 0 spiro atoms. The second-order valence-corrected chi connectivity index (χ2v) is 12.0. The molecule has 32 heavy (non-hydrogen) atoms. The molecule has 3 aromatic rings. The maximum Gasteiger partial charge on any atom is 0.276 e. The van der Waals surface area contributed by atoms with Crippen molar-refractivity contribution in [3.8, 4) is 0 Å². The van der Waals surface area contributed by atoms with Crippen LogP contribution in [0.25, 0.3) is 10.2 Å². The van der Waals surface area contributed by atoms with Crippen molar-refractivity contribution in [2.75, 3.05) is 23.4 Å². The van der Waals surface area contributed by atoms with E-state index in [2.05, 4.69) is 15.5 Å². The zero-order valence-corrected chi connectivity index (χ0v) is 19.9. The van der Waals surface area contributed by atoms with E-state index < -0.39 is 24.1 Å². The van der Waals surface area contributed by atoms with Gasteiger partial charge in [-0.2, -0.15) is 5.10 Å². The fourth-order valence-electron chi connectivity index (χ4n) is 3.45. The Labute approximate surface area is 189 Å². The van der Waals surface area contributed by atoms with Crippen LogP contribution in [0.2, 0.25) is 0 Å². The number of aryl methyl sites for hydroxylation is 1. The van der Waals surface area contributed by atoms with Crippen LogP contribution in [-0.2, 0) is 19.7 Å². The zero-order chi connectivity index (χ0) is 23.3. The third-order valence-corrected chi connectivity index (χ3v) is 10.7. The van der Waals surface area contributed by atoms with Crippen molar-refractivity contribution < 1.29 is 21.6 Å². The van der Waals surface area contributed by atoms with Crippen molar-refractivity contribution >= 4 is 62.7 Å². The summed E-state index contributed by atoms with van der Waals surface area (Å²) in [4.78, 5) is 17.9. The Balaban J connectivity index is 1.80. The molecule has 2 heterocycles. The molecule has 1 aliphatic heterocycles. The standard InChI is InChI=1S/C20H20N4O5S3/c1-4-24(5-2)19-21-15-8-7-14(13(11-25)18(15)30-19)22-23-20-31(26,27)16-9-6-12(3)10-17(16)32(20,28)29/h6-11,22H,4-5H2,1-3H3/b23-20-. The number of sulfone groups is 2. The minimum Gasteiger partial charge on any atom is -0.349 e. The first-order chi connectivity index (χ1) is 15.1. The van der Waals surface area contributed by atoms with E-state index in [-0.39, 0.29) is 21.0 Å². The highest BCUT2D eigenvalue weighted by Crippen LogP contribution is 2.36. The van der Waals surface area contributed by atoms with E-state index in [0.29, 0.717) is 22.1 Å². The molecule has 0 atom stereocenters. The number of thiazole rings is 1. The summed E-state index contributed by atoms with van der Waals surface area (Å²) < 4.78 is 50.9. The van der Waals surface area contributed by atoms with E-state index >= 15 is 0 Å². The van der Waals surface area contributed by atoms with Crippen molar-refractivity contribution in [2.24, 2.45) is 5.10 Å². The SMILES string of the molecule is CCN(CC)c1nc2ccc(N/N=C3/S(=O)(=O)c4ccc(C)cc4S3(=O)=O)c(C=O)c2s1. The van der Waals surface area contributed by atoms with E-state index in [4.69, 9.17) is 0 Å². The molecule has 0 saturated heterocycles. The summed E-state index contributed by atoms with van der Waals surface area (Å²) in [7, 11) is -8.65. The Kier molecular flexibility index (Phi) is 5.55. The molecule has 9 nitrogen and oxygen atoms in total. The zero-order valence-electron chi connectivity index (χ0n) is 17.5. The maximum absolute atomic E-state index is 12.9. The average molecular weight is 493 g/mol. The number of carbonyl (C=O) groups excluding carboxylic acids is 1. The first-order valence-corrected chi connectivity index (χ1v) is 13.5. The normalized spacial score (nSPS) is 17.4. The van der Waals surface area contributed by atoms with Gasteiger partial charge in [0, 0.05) is 13.1 Å². The van der Waals surface area contributed by atoms with Crippen molar-refractivity contribution in [1.82, 2.24) is 4.98 Å². The molecule has 168 valence electrons. The molecule has 0 radical (unpaired) electrons. The van der Waals surface area contributed by atoms with Gasteiger partial charge in [0.25, 0.3) is 4.38 Å². The number of aldehydes is 1. The summed E-state index contributed by atoms with van der Waals surface area (Å²) in [6.07, 6.45) is 0.616. The highest BCUT2D eigenvalue weighted by Gasteiger charge is 2.47. The molecule has 0 unspecified atom stereocenters. The minimum absolute atomic E-state index is 0.187. The lowest BCUT2D eigenvalue weighted by atomic mass is 10.2. The molecule has 0 bridgehead atoms. The molecule has 2 aromatic carbocycles. The molecule has 12 heteroatoms. The van der Waals surface area contributed by atoms with Crippen LogP contribution in [0.3, 0.4) is 0 Å². The largest absolute Gasteiger partial charge is 0.349 e. The molecule has 0 saturated carbocycles. The molecule has 1 aliphatic rings. The summed E-state index contributed by atoms with van der Waals surface area (Å²) in [5.74, 6) is 0. The fraction of sp³-hybridized carbons (Fsp3) is 0.250. The predicted molar refractivity (Wildman–Crippen MR) is 125 cm³/mol. The fourth-order valence-corrected chi connectivity index (χ4v) is 8.96. The summed E-state index contributed by atoms with van der Waals surface area (Å²) >= 11 is 1.33. The van der Waals surface area contributed by atoms with Gasteiger partial charge in [0.2, 0.25) is 19.7 Å². The van der Waals surface area contributed by atoms with E-state index in [9.17, 15) is 21.6 Å². The van der Waals surface area contributed by atoms with Gasteiger partial charge in [-0.15, -0.1) is 0 Å². The van der Waals surface area contributed by atoms with Crippen LogP contribution in [0, 0.1) is 6.92 Å². The number of benzene rings is 2. The van der Waals surface area contributed by atoms with E-state index in [1.54, 1.807) is 13.0 Å². The van der Waals surface area contributed by atoms with Gasteiger partial charge < -0.3 is 4.90 Å². The number of aromatic nitrogens is 1. The topological polar surface area (TPSA) is 126 Å². The first-order valence-electron chi connectivity index (χ1n) is 9.73. The lowest BCUT2D eigenvalue weighted by molar-refractivity contribution is 0.112. The number of hydrazone groups is 1. The van der Waals surface area contributed by atoms with Crippen LogP contribution < -0.4 is 10.3 Å². The summed E-state index contributed by atoms with van der Waals surface area (Å²) in [5.41, 5.74) is 4.13. The van der Waals surface area contributed by atoms with Crippen LogP contribution in [0.4, 0.5) is 10.8 Å². The van der Waals surface area contributed by atoms with Crippen LogP contribution in [-0.4, -0.2) is 45.6 Å². The van der Waals surface area contributed by atoms with E-state index in [1.165, 1.54) is 35.6 Å². The van der Waals surface area contributed by atoms with Gasteiger partial charge in [-0.05, 0) is 50.6 Å². The molecule has 1 aromatic heterocycles. The van der Waals surface area contributed by atoms with Gasteiger partial charge >= 0.3 is 0 Å². The molecule has 1 N–H and O–H groups in total. The van der Waals surface area contributed by atoms with Crippen LogP contribution in [0.1, 0.15) is 29.8 Å². The van der Waals surface area contributed by atoms with Crippen molar-refractivity contribution in [2.45, 2.75) is 30.6 Å². The molecule has 0 amide bonds. The smallest absolute Gasteiger partial charge is 0.276 e. The van der Waals surface area contributed by atoms with E-state index in [1.807, 2.05) is 18.7 Å². The predicted octanol–water partition coefficient (Wildman–Crippen LogP) is 3.21. The maximum atomic E-state index is 12.9. The van der Waals surface area contributed by atoms with Crippen LogP contribution >= 0.6 is 11.3 Å². The number of fused-ring (bicyclic) bond motifs is 2. The number of carbonyl (C=O) groups is 1. The summed E-state index contributed by atoms with van der Waals surface area (Å²) in [5, 5.41) is 4.49. The summed E-state index contributed by atoms with van der Waals surface area (Å²) in [6.45, 7) is 7.17. The molecule has 0 aliphatic carbocycles. The van der Waals surface area contributed by atoms with Crippen LogP contribution in [0.5, 0.6) is 0 Å². The Morgan fingerprint density at radius 2 is 1.75 bits per heavy atom. The Morgan fingerprint density at radius 3 is 2.41 bits per heavy atom. The lowest BCUT2D eigenvalue weighted by Gasteiger charge is -2.16. The van der Waals surface area contributed by atoms with Gasteiger partial charge in [-0.1, -0.05) is 17.4 Å². The number of nitrogens with one attached hydrogen (secondary N) is 1. The second kappa shape index (κ2) is 7.94. The van der Waals surface area contributed by atoms with Gasteiger partial charge in [-0.3, -0.25) is 10.2 Å². The Morgan fingerprint density at radius 1 is 1.06 bits per heavy atom.